The highest BCUT2D eigenvalue weighted by molar-refractivity contribution is 5.77. The summed E-state index contributed by atoms with van der Waals surface area (Å²) in [7, 11) is 0. The van der Waals surface area contributed by atoms with Gasteiger partial charge in [-0.25, -0.2) is 0 Å². The van der Waals surface area contributed by atoms with Crippen LogP contribution in [-0.4, -0.2) is 36.6 Å². The number of carbonyl (C=O) groups is 1. The smallest absolute Gasteiger partial charge is 0.248 e. The van der Waals surface area contributed by atoms with Crippen LogP contribution in [0.3, 0.4) is 0 Å². The Morgan fingerprint density at radius 2 is 2.12 bits per heavy atom. The first kappa shape index (κ1) is 12.1. The van der Waals surface area contributed by atoms with Crippen LogP contribution in [0.25, 0.3) is 0 Å². The summed E-state index contributed by atoms with van der Waals surface area (Å²) in [5.41, 5.74) is 6.71. The second-order valence-corrected chi connectivity index (χ2v) is 4.26. The molecule has 1 heterocycles. The second kappa shape index (κ2) is 5.80. The van der Waals surface area contributed by atoms with Crippen LogP contribution in [0.5, 0.6) is 0 Å². The molecule has 0 radical (unpaired) electrons. The normalized spacial score (nSPS) is 21.4. The molecule has 17 heavy (non-hydrogen) atoms. The number of ether oxygens (including phenoxy) is 1. The quantitative estimate of drug-likeness (QED) is 0.840. The number of nitrogens with two attached hydrogens (primary N) is 1. The third-order valence-corrected chi connectivity index (χ3v) is 3.00. The maximum Gasteiger partial charge on any atom is 0.248 e. The van der Waals surface area contributed by atoms with Crippen molar-refractivity contribution < 1.29 is 9.53 Å². The molecule has 4 nitrogen and oxygen atoms in total. The van der Waals surface area contributed by atoms with Gasteiger partial charge in [-0.3, -0.25) is 4.79 Å². The molecule has 92 valence electrons. The standard InChI is InChI=1S/C13H18N2O2/c14-8-12-6-7-15(13(16)10-17-12)9-11-4-2-1-3-5-11/h1-5,12H,6-10,14H2/t12-/m0/s1. The molecule has 2 rings (SSSR count). The highest BCUT2D eigenvalue weighted by Gasteiger charge is 2.21. The van der Waals surface area contributed by atoms with Gasteiger partial charge in [-0.15, -0.1) is 0 Å². The van der Waals surface area contributed by atoms with E-state index in [1.807, 2.05) is 35.2 Å². The molecule has 2 N–H and O–H groups in total. The topological polar surface area (TPSA) is 55.6 Å². The van der Waals surface area contributed by atoms with Crippen molar-refractivity contribution in [3.63, 3.8) is 0 Å². The molecule has 4 heteroatoms. The minimum Gasteiger partial charge on any atom is -0.367 e. The van der Waals surface area contributed by atoms with E-state index in [0.717, 1.165) is 18.5 Å². The zero-order valence-corrected chi connectivity index (χ0v) is 9.84. The average molecular weight is 234 g/mol. The van der Waals surface area contributed by atoms with E-state index in [-0.39, 0.29) is 18.6 Å². The number of hydrogen-bond donors (Lipinski definition) is 1. The molecule has 0 aliphatic carbocycles. The van der Waals surface area contributed by atoms with Crippen molar-refractivity contribution in [1.82, 2.24) is 4.90 Å². The molecule has 0 unspecified atom stereocenters. The lowest BCUT2D eigenvalue weighted by Crippen LogP contribution is -2.32. The van der Waals surface area contributed by atoms with Gasteiger partial charge in [0.05, 0.1) is 6.10 Å². The summed E-state index contributed by atoms with van der Waals surface area (Å²) < 4.78 is 5.42. The summed E-state index contributed by atoms with van der Waals surface area (Å²) in [6.45, 7) is 2.00. The van der Waals surface area contributed by atoms with Crippen molar-refractivity contribution in [2.75, 3.05) is 19.7 Å². The van der Waals surface area contributed by atoms with Crippen molar-refractivity contribution in [3.05, 3.63) is 35.9 Å². The number of rotatable bonds is 3. The lowest BCUT2D eigenvalue weighted by atomic mass is 10.2. The summed E-state index contributed by atoms with van der Waals surface area (Å²) in [4.78, 5) is 13.7. The first-order valence-corrected chi connectivity index (χ1v) is 5.93. The van der Waals surface area contributed by atoms with E-state index in [2.05, 4.69) is 0 Å². The molecule has 1 atom stereocenters. The van der Waals surface area contributed by atoms with Crippen LogP contribution in [0.2, 0.25) is 0 Å². The van der Waals surface area contributed by atoms with E-state index in [1.54, 1.807) is 0 Å². The first-order valence-electron chi connectivity index (χ1n) is 5.93. The predicted molar refractivity (Wildman–Crippen MR) is 65.3 cm³/mol. The van der Waals surface area contributed by atoms with Gasteiger partial charge in [-0.2, -0.15) is 0 Å². The van der Waals surface area contributed by atoms with E-state index >= 15 is 0 Å². The van der Waals surface area contributed by atoms with Crippen LogP contribution in [0.15, 0.2) is 30.3 Å². The molecular formula is C13H18N2O2. The van der Waals surface area contributed by atoms with Crippen LogP contribution in [0.4, 0.5) is 0 Å². The van der Waals surface area contributed by atoms with E-state index < -0.39 is 0 Å². The van der Waals surface area contributed by atoms with Crippen molar-refractivity contribution in [1.29, 1.82) is 0 Å². The van der Waals surface area contributed by atoms with Crippen molar-refractivity contribution in [2.45, 2.75) is 19.1 Å². The van der Waals surface area contributed by atoms with E-state index in [0.29, 0.717) is 13.1 Å². The summed E-state index contributed by atoms with van der Waals surface area (Å²) >= 11 is 0. The predicted octanol–water partition coefficient (Wildman–Crippen LogP) is 0.763. The van der Waals surface area contributed by atoms with Crippen molar-refractivity contribution >= 4 is 5.91 Å². The van der Waals surface area contributed by atoms with Gasteiger partial charge in [0.1, 0.15) is 6.61 Å². The largest absolute Gasteiger partial charge is 0.367 e. The van der Waals surface area contributed by atoms with Crippen LogP contribution in [0.1, 0.15) is 12.0 Å². The minimum absolute atomic E-state index is 0.0136. The Balaban J connectivity index is 1.98. The SMILES string of the molecule is NC[C@@H]1CCN(Cc2ccccc2)C(=O)CO1. The van der Waals surface area contributed by atoms with Gasteiger partial charge in [0.15, 0.2) is 0 Å². The maximum atomic E-state index is 11.8. The zero-order chi connectivity index (χ0) is 12.1. The average Bonchev–Trinajstić information content (AvgIpc) is 2.54. The molecule has 0 aromatic heterocycles. The molecular weight excluding hydrogens is 216 g/mol. The van der Waals surface area contributed by atoms with Crippen LogP contribution >= 0.6 is 0 Å². The minimum atomic E-state index is 0.0136. The van der Waals surface area contributed by atoms with Gasteiger partial charge >= 0.3 is 0 Å². The van der Waals surface area contributed by atoms with Crippen molar-refractivity contribution in [2.24, 2.45) is 5.73 Å². The summed E-state index contributed by atoms with van der Waals surface area (Å²) in [6.07, 6.45) is 0.828. The third kappa shape index (κ3) is 3.28. The van der Waals surface area contributed by atoms with Gasteiger partial charge in [0, 0.05) is 19.6 Å². The molecule has 1 amide bonds. The highest BCUT2D eigenvalue weighted by Crippen LogP contribution is 2.11. The number of amides is 1. The molecule has 1 fully saturated rings. The molecule has 1 aliphatic rings. The van der Waals surface area contributed by atoms with Crippen LogP contribution in [0, 0.1) is 0 Å². The summed E-state index contributed by atoms with van der Waals surface area (Å²) in [6, 6.07) is 9.99. The Bertz CT molecular complexity index is 367. The van der Waals surface area contributed by atoms with E-state index in [9.17, 15) is 4.79 Å². The monoisotopic (exact) mass is 234 g/mol. The van der Waals surface area contributed by atoms with E-state index in [4.69, 9.17) is 10.5 Å². The zero-order valence-electron chi connectivity index (χ0n) is 9.84. The first-order chi connectivity index (χ1) is 8.29. The molecule has 0 bridgehead atoms. The Morgan fingerprint density at radius 1 is 1.35 bits per heavy atom. The molecule has 1 aromatic carbocycles. The fraction of sp³-hybridized carbons (Fsp3) is 0.462. The highest BCUT2D eigenvalue weighted by atomic mass is 16.5. The van der Waals surface area contributed by atoms with Gasteiger partial charge < -0.3 is 15.4 Å². The molecule has 0 saturated carbocycles. The van der Waals surface area contributed by atoms with Gasteiger partial charge in [-0.1, -0.05) is 30.3 Å². The lowest BCUT2D eigenvalue weighted by molar-refractivity contribution is -0.135. The summed E-state index contributed by atoms with van der Waals surface area (Å²) in [5, 5.41) is 0. The third-order valence-electron chi connectivity index (χ3n) is 3.00. The van der Waals surface area contributed by atoms with Gasteiger partial charge in [0.2, 0.25) is 5.91 Å². The Hall–Kier alpha value is -1.39. The van der Waals surface area contributed by atoms with Gasteiger partial charge in [0.25, 0.3) is 0 Å². The Morgan fingerprint density at radius 3 is 2.82 bits per heavy atom. The summed E-state index contributed by atoms with van der Waals surface area (Å²) in [5.74, 6) is 0.0461. The maximum absolute atomic E-state index is 11.8. The van der Waals surface area contributed by atoms with Gasteiger partial charge in [-0.05, 0) is 12.0 Å². The molecule has 1 aromatic rings. The van der Waals surface area contributed by atoms with Crippen LogP contribution in [-0.2, 0) is 16.1 Å². The Kier molecular flexibility index (Phi) is 4.12. The fourth-order valence-electron chi connectivity index (χ4n) is 1.95. The van der Waals surface area contributed by atoms with Crippen LogP contribution < -0.4 is 5.73 Å². The number of nitrogens with zero attached hydrogens (tertiary/aromatic N) is 1. The van der Waals surface area contributed by atoms with E-state index in [1.165, 1.54) is 0 Å². The molecule has 1 aliphatic heterocycles. The molecule has 1 saturated heterocycles. The van der Waals surface area contributed by atoms with Crippen molar-refractivity contribution in [3.8, 4) is 0 Å². The second-order valence-electron chi connectivity index (χ2n) is 4.26. The number of carbonyl (C=O) groups excluding carboxylic acids is 1. The number of benzene rings is 1. The fourth-order valence-corrected chi connectivity index (χ4v) is 1.95. The molecule has 0 spiro atoms. The Labute approximate surface area is 101 Å². The number of hydrogen-bond acceptors (Lipinski definition) is 3. The lowest BCUT2D eigenvalue weighted by Gasteiger charge is -2.19.